The van der Waals surface area contributed by atoms with E-state index >= 15 is 0 Å². The first-order valence-corrected chi connectivity index (χ1v) is 11.9. The summed E-state index contributed by atoms with van der Waals surface area (Å²) in [5.41, 5.74) is 1.07. The van der Waals surface area contributed by atoms with Gasteiger partial charge in [0.1, 0.15) is 17.2 Å². The van der Waals surface area contributed by atoms with Crippen LogP contribution >= 0.6 is 0 Å². The molecular formula is C25H22F6N6O. The van der Waals surface area contributed by atoms with Crippen molar-refractivity contribution in [1.82, 2.24) is 29.5 Å². The average Bonchev–Trinajstić information content (AvgIpc) is 3.47. The molecule has 0 bridgehead atoms. The Balaban J connectivity index is 1.30. The number of nitrogens with zero attached hydrogens (tertiary/aromatic N) is 5. The van der Waals surface area contributed by atoms with Gasteiger partial charge in [-0.15, -0.1) is 0 Å². The Morgan fingerprint density at radius 3 is 2.45 bits per heavy atom. The summed E-state index contributed by atoms with van der Waals surface area (Å²) in [7, 11) is 0. The Bertz CT molecular complexity index is 1490. The highest BCUT2D eigenvalue weighted by atomic mass is 19.4. The van der Waals surface area contributed by atoms with Gasteiger partial charge in [-0.05, 0) is 30.5 Å². The molecule has 0 unspecified atom stereocenters. The van der Waals surface area contributed by atoms with Gasteiger partial charge in [0, 0.05) is 31.3 Å². The lowest BCUT2D eigenvalue weighted by Gasteiger charge is -2.24. The minimum absolute atomic E-state index is 0.0372. The first-order chi connectivity index (χ1) is 17.9. The van der Waals surface area contributed by atoms with E-state index in [1.165, 1.54) is 10.7 Å². The van der Waals surface area contributed by atoms with E-state index in [4.69, 9.17) is 0 Å². The maximum Gasteiger partial charge on any atom is 0.417 e. The third-order valence-corrected chi connectivity index (χ3v) is 6.56. The summed E-state index contributed by atoms with van der Waals surface area (Å²) in [6.45, 7) is 1.99. The second-order valence-corrected chi connectivity index (χ2v) is 9.09. The molecule has 1 amide bonds. The van der Waals surface area contributed by atoms with Crippen LogP contribution in [0, 0.1) is 5.92 Å². The van der Waals surface area contributed by atoms with Crippen molar-refractivity contribution in [2.24, 2.45) is 5.92 Å². The zero-order chi connectivity index (χ0) is 27.2. The first kappa shape index (κ1) is 25.7. The number of aryl methyl sites for hydroxylation is 2. The molecule has 1 aromatic carbocycles. The number of carbonyl (C=O) groups is 1. The summed E-state index contributed by atoms with van der Waals surface area (Å²) in [6.07, 6.45) is -7.88. The number of pyridine rings is 1. The van der Waals surface area contributed by atoms with Crippen molar-refractivity contribution in [3.63, 3.8) is 0 Å². The number of benzene rings is 1. The molecule has 0 radical (unpaired) electrons. The fourth-order valence-corrected chi connectivity index (χ4v) is 4.49. The highest BCUT2D eigenvalue weighted by molar-refractivity contribution is 5.94. The summed E-state index contributed by atoms with van der Waals surface area (Å²) in [5.74, 6) is -1.39. The van der Waals surface area contributed by atoms with Crippen molar-refractivity contribution in [3.8, 4) is 11.4 Å². The Labute approximate surface area is 212 Å². The molecule has 4 aromatic rings. The van der Waals surface area contributed by atoms with Crippen LogP contribution in [-0.4, -0.2) is 36.2 Å². The Kier molecular flexibility index (Phi) is 6.40. The van der Waals surface area contributed by atoms with Gasteiger partial charge in [-0.25, -0.2) is 14.6 Å². The third kappa shape index (κ3) is 4.96. The molecule has 0 aliphatic carbocycles. The van der Waals surface area contributed by atoms with Crippen LogP contribution < -0.4 is 5.32 Å². The van der Waals surface area contributed by atoms with Crippen LogP contribution in [0.3, 0.4) is 0 Å². The van der Waals surface area contributed by atoms with Gasteiger partial charge in [0.2, 0.25) is 0 Å². The van der Waals surface area contributed by atoms with E-state index in [1.54, 1.807) is 31.2 Å². The number of rotatable bonds is 5. The topological polar surface area (TPSA) is 77.1 Å². The number of halogens is 6. The highest BCUT2D eigenvalue weighted by Gasteiger charge is 2.42. The summed E-state index contributed by atoms with van der Waals surface area (Å²) in [5, 5.41) is 7.05. The molecule has 1 atom stereocenters. The van der Waals surface area contributed by atoms with Gasteiger partial charge in [0.15, 0.2) is 5.82 Å². The Hall–Kier alpha value is -3.90. The largest absolute Gasteiger partial charge is 0.417 e. The number of aromatic nitrogens is 5. The quantitative estimate of drug-likeness (QED) is 0.355. The Morgan fingerprint density at radius 2 is 1.79 bits per heavy atom. The first-order valence-electron chi connectivity index (χ1n) is 11.9. The normalized spacial score (nSPS) is 16.0. The van der Waals surface area contributed by atoms with E-state index in [0.29, 0.717) is 34.9 Å². The van der Waals surface area contributed by atoms with Crippen LogP contribution in [0.5, 0.6) is 0 Å². The lowest BCUT2D eigenvalue weighted by Crippen LogP contribution is -2.31. The van der Waals surface area contributed by atoms with E-state index in [-0.39, 0.29) is 37.3 Å². The van der Waals surface area contributed by atoms with Crippen LogP contribution in [0.1, 0.15) is 46.5 Å². The van der Waals surface area contributed by atoms with Crippen molar-refractivity contribution >= 4 is 11.6 Å². The molecule has 0 spiro atoms. The zero-order valence-electron chi connectivity index (χ0n) is 20.1. The number of carbonyl (C=O) groups excluding carboxylic acids is 1. The summed E-state index contributed by atoms with van der Waals surface area (Å²) in [4.78, 5) is 21.5. The smallest absolute Gasteiger partial charge is 0.347 e. The fourth-order valence-electron chi connectivity index (χ4n) is 4.49. The van der Waals surface area contributed by atoms with Crippen molar-refractivity contribution in [3.05, 3.63) is 70.9 Å². The molecule has 38 heavy (non-hydrogen) atoms. The number of hydrogen-bond donors (Lipinski definition) is 1. The molecule has 4 heterocycles. The van der Waals surface area contributed by atoms with E-state index < -0.39 is 29.7 Å². The molecule has 3 aromatic heterocycles. The average molecular weight is 536 g/mol. The number of alkyl halides is 6. The summed E-state index contributed by atoms with van der Waals surface area (Å²) >= 11 is 0. The highest BCUT2D eigenvalue weighted by Crippen LogP contribution is 2.35. The number of amides is 1. The van der Waals surface area contributed by atoms with Crippen LogP contribution in [-0.2, 0) is 32.1 Å². The van der Waals surface area contributed by atoms with Crippen molar-refractivity contribution < 1.29 is 31.1 Å². The number of nitrogens with one attached hydrogen (secondary N) is 1. The van der Waals surface area contributed by atoms with Gasteiger partial charge in [-0.1, -0.05) is 31.2 Å². The van der Waals surface area contributed by atoms with E-state index in [2.05, 4.69) is 20.4 Å². The molecule has 200 valence electrons. The molecule has 7 nitrogen and oxygen atoms in total. The minimum Gasteiger partial charge on any atom is -0.347 e. The van der Waals surface area contributed by atoms with Crippen LogP contribution in [0.15, 0.2) is 42.6 Å². The predicted molar refractivity (Wildman–Crippen MR) is 124 cm³/mol. The second kappa shape index (κ2) is 9.44. The van der Waals surface area contributed by atoms with Crippen molar-refractivity contribution in [2.45, 2.75) is 51.6 Å². The SMILES string of the molecule is CCc1nc2ccc(C(F)(F)F)cn2c1C(=O)NCc1ccc(-c2nc3n(n2)CC[C@@H](C(F)(F)F)C3)cc1. The van der Waals surface area contributed by atoms with E-state index in [1.807, 2.05) is 0 Å². The van der Waals surface area contributed by atoms with Crippen molar-refractivity contribution in [1.29, 1.82) is 0 Å². The van der Waals surface area contributed by atoms with Crippen LogP contribution in [0.25, 0.3) is 17.0 Å². The molecule has 1 N–H and O–H groups in total. The predicted octanol–water partition coefficient (Wildman–Crippen LogP) is 5.23. The molecular weight excluding hydrogens is 514 g/mol. The second-order valence-electron chi connectivity index (χ2n) is 9.09. The molecule has 5 rings (SSSR count). The Morgan fingerprint density at radius 1 is 1.05 bits per heavy atom. The summed E-state index contributed by atoms with van der Waals surface area (Å²) < 4.78 is 81.5. The lowest BCUT2D eigenvalue weighted by molar-refractivity contribution is -0.179. The van der Waals surface area contributed by atoms with Gasteiger partial charge in [-0.2, -0.15) is 31.4 Å². The molecule has 1 aliphatic heterocycles. The lowest BCUT2D eigenvalue weighted by atomic mass is 9.98. The standard InChI is InChI=1S/C25H22F6N6O/c1-2-18-21(36-13-17(25(29,30)31)7-8-19(36)33-18)23(38)32-12-14-3-5-15(6-4-14)22-34-20-11-16(24(26,27)28)9-10-37(20)35-22/h3-8,13,16H,2,9-12H2,1H3,(H,32,38)/t16-/m1/s1. The van der Waals surface area contributed by atoms with Crippen LogP contribution in [0.4, 0.5) is 26.3 Å². The van der Waals surface area contributed by atoms with E-state index in [9.17, 15) is 31.1 Å². The number of imidazole rings is 1. The fraction of sp³-hybridized carbons (Fsp3) is 0.360. The molecule has 0 fully saturated rings. The molecule has 0 saturated heterocycles. The maximum absolute atomic E-state index is 13.2. The number of fused-ring (bicyclic) bond motifs is 2. The summed E-state index contributed by atoms with van der Waals surface area (Å²) in [6, 6.07) is 8.97. The maximum atomic E-state index is 13.2. The number of hydrogen-bond acceptors (Lipinski definition) is 4. The monoisotopic (exact) mass is 536 g/mol. The van der Waals surface area contributed by atoms with Gasteiger partial charge >= 0.3 is 12.4 Å². The molecule has 0 saturated carbocycles. The van der Waals surface area contributed by atoms with Crippen LogP contribution in [0.2, 0.25) is 0 Å². The van der Waals surface area contributed by atoms with E-state index in [0.717, 1.165) is 16.7 Å². The van der Waals surface area contributed by atoms with Gasteiger partial charge in [0.25, 0.3) is 5.91 Å². The van der Waals surface area contributed by atoms with Gasteiger partial charge in [-0.3, -0.25) is 9.20 Å². The van der Waals surface area contributed by atoms with Gasteiger partial charge in [0.05, 0.1) is 17.2 Å². The van der Waals surface area contributed by atoms with Gasteiger partial charge < -0.3 is 5.32 Å². The molecule has 13 heteroatoms. The zero-order valence-corrected chi connectivity index (χ0v) is 20.1. The van der Waals surface area contributed by atoms with Crippen molar-refractivity contribution in [2.75, 3.05) is 0 Å². The molecule has 1 aliphatic rings. The third-order valence-electron chi connectivity index (χ3n) is 6.56. The minimum atomic E-state index is -4.57.